The summed E-state index contributed by atoms with van der Waals surface area (Å²) < 4.78 is 29.2. The second-order valence-corrected chi connectivity index (χ2v) is 9.92. The monoisotopic (exact) mass is 428 g/mol. The van der Waals surface area contributed by atoms with E-state index < -0.39 is 21.4 Å². The lowest BCUT2D eigenvalue weighted by Crippen LogP contribution is -2.40. The summed E-state index contributed by atoms with van der Waals surface area (Å²) in [5.74, 6) is -0.646. The topological polar surface area (TPSA) is 80.7 Å². The molecule has 5 nitrogen and oxygen atoms in total. The molecule has 0 saturated heterocycles. The number of carboxylic acid groups (broad SMARTS) is 1. The first-order valence-electron chi connectivity index (χ1n) is 8.17. The average molecular weight is 429 g/mol. The lowest BCUT2D eigenvalue weighted by molar-refractivity contribution is -0.154. The first-order valence-corrected chi connectivity index (χ1v) is 11.3. The number of rotatable bonds is 7. The van der Waals surface area contributed by atoms with E-state index in [4.69, 9.17) is 16.3 Å². The van der Waals surface area contributed by atoms with Crippen molar-refractivity contribution in [3.8, 4) is 5.75 Å². The molecule has 0 aliphatic carbocycles. The van der Waals surface area contributed by atoms with E-state index in [-0.39, 0.29) is 11.3 Å². The van der Waals surface area contributed by atoms with Crippen LogP contribution in [0.3, 0.4) is 0 Å². The Morgan fingerprint density at radius 1 is 1.22 bits per heavy atom. The molecule has 27 heavy (non-hydrogen) atoms. The van der Waals surface area contributed by atoms with Crippen LogP contribution in [0.5, 0.6) is 5.75 Å². The van der Waals surface area contributed by atoms with Gasteiger partial charge in [-0.2, -0.15) is 0 Å². The van der Waals surface area contributed by atoms with E-state index in [1.807, 2.05) is 6.92 Å². The molecule has 1 N–H and O–H groups in total. The van der Waals surface area contributed by atoms with Gasteiger partial charge in [0.2, 0.25) is 5.60 Å². The highest BCUT2D eigenvalue weighted by molar-refractivity contribution is 7.99. The van der Waals surface area contributed by atoms with Gasteiger partial charge in [0, 0.05) is 16.2 Å². The maximum absolute atomic E-state index is 11.7. The van der Waals surface area contributed by atoms with Gasteiger partial charge in [-0.25, -0.2) is 13.2 Å². The number of ether oxygens (including phenoxy) is 1. The van der Waals surface area contributed by atoms with Crippen molar-refractivity contribution in [2.45, 2.75) is 47.5 Å². The first-order chi connectivity index (χ1) is 12.5. The Bertz CT molecular complexity index is 972. The van der Waals surface area contributed by atoms with E-state index in [0.29, 0.717) is 15.7 Å². The highest BCUT2D eigenvalue weighted by atomic mass is 35.5. The van der Waals surface area contributed by atoms with Crippen LogP contribution < -0.4 is 4.74 Å². The number of carboxylic acids is 1. The molecule has 0 spiro atoms. The molecule has 0 fully saturated rings. The van der Waals surface area contributed by atoms with Crippen LogP contribution >= 0.6 is 23.4 Å². The van der Waals surface area contributed by atoms with Crippen molar-refractivity contribution in [3.63, 3.8) is 0 Å². The number of aryl methyl sites for hydroxylation is 1. The van der Waals surface area contributed by atoms with Crippen molar-refractivity contribution in [2.24, 2.45) is 0 Å². The summed E-state index contributed by atoms with van der Waals surface area (Å²) in [6, 6.07) is 9.85. The smallest absolute Gasteiger partial charge is 0.347 e. The molecule has 2 aromatic carbocycles. The first kappa shape index (κ1) is 21.6. The highest BCUT2D eigenvalue weighted by Gasteiger charge is 2.34. The number of benzene rings is 2. The van der Waals surface area contributed by atoms with E-state index in [0.717, 1.165) is 16.7 Å². The molecule has 0 aliphatic heterocycles. The van der Waals surface area contributed by atoms with Gasteiger partial charge >= 0.3 is 5.97 Å². The number of aliphatic carboxylic acids is 1. The Balaban J connectivity index is 2.42. The summed E-state index contributed by atoms with van der Waals surface area (Å²) in [4.78, 5) is 13.3. The van der Waals surface area contributed by atoms with Gasteiger partial charge in [0.25, 0.3) is 0 Å². The molecule has 2 rings (SSSR count). The summed E-state index contributed by atoms with van der Waals surface area (Å²) in [6.07, 6.45) is 1.45. The van der Waals surface area contributed by atoms with Crippen molar-refractivity contribution in [3.05, 3.63) is 47.0 Å². The van der Waals surface area contributed by atoms with E-state index in [9.17, 15) is 18.3 Å². The lowest BCUT2D eigenvalue weighted by Gasteiger charge is -2.26. The minimum atomic E-state index is -3.29. The summed E-state index contributed by atoms with van der Waals surface area (Å²) in [5.41, 5.74) is -0.580. The summed E-state index contributed by atoms with van der Waals surface area (Å²) in [6.45, 7) is 5.07. The molecule has 0 aromatic heterocycles. The Kier molecular flexibility index (Phi) is 6.50. The van der Waals surface area contributed by atoms with Crippen LogP contribution in [-0.2, 0) is 14.6 Å². The lowest BCUT2D eigenvalue weighted by atomic mass is 10.0. The second kappa shape index (κ2) is 8.12. The minimum Gasteiger partial charge on any atom is -0.478 e. The van der Waals surface area contributed by atoms with E-state index in [1.165, 1.54) is 18.7 Å². The number of halogens is 1. The molecule has 0 radical (unpaired) electrons. The van der Waals surface area contributed by atoms with Gasteiger partial charge in [-0.1, -0.05) is 30.3 Å². The van der Waals surface area contributed by atoms with Crippen LogP contribution in [0, 0.1) is 6.92 Å². The van der Waals surface area contributed by atoms with Gasteiger partial charge in [0.15, 0.2) is 9.84 Å². The zero-order chi connectivity index (χ0) is 20.4. The van der Waals surface area contributed by atoms with Crippen LogP contribution in [0.4, 0.5) is 0 Å². The van der Waals surface area contributed by atoms with Gasteiger partial charge in [0.05, 0.1) is 9.79 Å². The summed E-state index contributed by atoms with van der Waals surface area (Å²) >= 11 is 7.45. The summed E-state index contributed by atoms with van der Waals surface area (Å²) in [7, 11) is -3.29. The Morgan fingerprint density at radius 3 is 2.41 bits per heavy atom. The standard InChI is InChI=1S/C19H21ClO5S2/c1-5-19(3,18(21)22)25-15-8-6-13(20)11-17(15)26-16-9-7-14(10-12(16)2)27(4,23)24/h6-11H,5H2,1-4H3,(H,21,22). The van der Waals surface area contributed by atoms with Crippen LogP contribution in [0.15, 0.2) is 51.1 Å². The van der Waals surface area contributed by atoms with Gasteiger partial charge in [-0.3, -0.25) is 0 Å². The average Bonchev–Trinajstić information content (AvgIpc) is 2.57. The molecule has 0 saturated carbocycles. The van der Waals surface area contributed by atoms with Crippen molar-refractivity contribution >= 4 is 39.2 Å². The number of hydrogen-bond acceptors (Lipinski definition) is 5. The fraction of sp³-hybridized carbons (Fsp3) is 0.316. The minimum absolute atomic E-state index is 0.247. The summed E-state index contributed by atoms with van der Waals surface area (Å²) in [5, 5.41) is 9.95. The van der Waals surface area contributed by atoms with Crippen LogP contribution in [-0.4, -0.2) is 31.4 Å². The molecule has 0 bridgehead atoms. The number of carbonyl (C=O) groups is 1. The molecule has 0 aliphatic rings. The number of sulfone groups is 1. The molecule has 8 heteroatoms. The molecule has 146 valence electrons. The zero-order valence-corrected chi connectivity index (χ0v) is 17.8. The second-order valence-electron chi connectivity index (χ2n) is 6.38. The fourth-order valence-electron chi connectivity index (χ4n) is 2.24. The molecular formula is C19H21ClO5S2. The normalized spacial score (nSPS) is 13.8. The fourth-order valence-corrected chi connectivity index (χ4v) is 4.17. The van der Waals surface area contributed by atoms with Gasteiger partial charge < -0.3 is 9.84 Å². The quantitative estimate of drug-likeness (QED) is 0.679. The SMILES string of the molecule is CCC(C)(Oc1ccc(Cl)cc1Sc1ccc(S(C)(=O)=O)cc1C)C(=O)O. The molecule has 0 heterocycles. The predicted octanol–water partition coefficient (Wildman–Crippen LogP) is 4.84. The van der Waals surface area contributed by atoms with Gasteiger partial charge in [0.1, 0.15) is 5.75 Å². The molecule has 1 unspecified atom stereocenters. The van der Waals surface area contributed by atoms with Crippen LogP contribution in [0.25, 0.3) is 0 Å². The Labute approximate surface area is 168 Å². The van der Waals surface area contributed by atoms with Crippen LogP contribution in [0.2, 0.25) is 5.02 Å². The van der Waals surface area contributed by atoms with Crippen LogP contribution in [0.1, 0.15) is 25.8 Å². The predicted molar refractivity (Wildman–Crippen MR) is 107 cm³/mol. The highest BCUT2D eigenvalue weighted by Crippen LogP contribution is 2.40. The maximum atomic E-state index is 11.7. The zero-order valence-electron chi connectivity index (χ0n) is 15.4. The van der Waals surface area contributed by atoms with Gasteiger partial charge in [-0.15, -0.1) is 0 Å². The van der Waals surface area contributed by atoms with Gasteiger partial charge in [-0.05, 0) is 62.2 Å². The molecule has 1 atom stereocenters. The van der Waals surface area contributed by atoms with E-state index >= 15 is 0 Å². The van der Waals surface area contributed by atoms with Crippen molar-refractivity contribution in [2.75, 3.05) is 6.26 Å². The number of hydrogen-bond donors (Lipinski definition) is 1. The third kappa shape index (κ3) is 5.18. The largest absolute Gasteiger partial charge is 0.478 e. The molecular weight excluding hydrogens is 408 g/mol. The third-order valence-electron chi connectivity index (χ3n) is 4.16. The third-order valence-corrected chi connectivity index (χ3v) is 6.72. The van der Waals surface area contributed by atoms with E-state index in [1.54, 1.807) is 43.3 Å². The van der Waals surface area contributed by atoms with Crippen molar-refractivity contribution in [1.29, 1.82) is 0 Å². The molecule has 0 amide bonds. The van der Waals surface area contributed by atoms with Crippen molar-refractivity contribution in [1.82, 2.24) is 0 Å². The van der Waals surface area contributed by atoms with Crippen molar-refractivity contribution < 1.29 is 23.1 Å². The van der Waals surface area contributed by atoms with E-state index in [2.05, 4.69) is 0 Å². The maximum Gasteiger partial charge on any atom is 0.347 e. The Morgan fingerprint density at radius 2 is 1.89 bits per heavy atom. The molecule has 2 aromatic rings. The Hall–Kier alpha value is -1.70.